The van der Waals surface area contributed by atoms with Gasteiger partial charge in [0.2, 0.25) is 11.8 Å². The summed E-state index contributed by atoms with van der Waals surface area (Å²) < 4.78 is 5.05. The molecule has 8 nitrogen and oxygen atoms in total. The Kier molecular flexibility index (Phi) is 6.53. The largest absolute Gasteiger partial charge is 0.466 e. The first-order valence-electron chi connectivity index (χ1n) is 10.9. The van der Waals surface area contributed by atoms with Gasteiger partial charge in [-0.15, -0.1) is 0 Å². The van der Waals surface area contributed by atoms with E-state index in [1.807, 2.05) is 36.4 Å². The molecule has 2 heterocycles. The summed E-state index contributed by atoms with van der Waals surface area (Å²) in [5.41, 5.74) is 7.97. The van der Waals surface area contributed by atoms with Gasteiger partial charge in [0, 0.05) is 36.7 Å². The normalized spacial score (nSPS) is 16.6. The third-order valence-corrected chi connectivity index (χ3v) is 5.73. The number of carbonyl (C=O) groups excluding carboxylic acids is 3. The Morgan fingerprint density at radius 2 is 2.03 bits per heavy atom. The minimum atomic E-state index is -0.585. The van der Waals surface area contributed by atoms with Gasteiger partial charge in [-0.05, 0) is 53.6 Å². The number of esters is 1. The molecule has 170 valence electrons. The zero-order valence-corrected chi connectivity index (χ0v) is 18.4. The monoisotopic (exact) mass is 446 g/mol. The molecule has 33 heavy (non-hydrogen) atoms. The molecule has 1 aliphatic rings. The van der Waals surface area contributed by atoms with Crippen LogP contribution in [0.4, 0.5) is 11.4 Å². The molecule has 8 heteroatoms. The lowest BCUT2D eigenvalue weighted by atomic mass is 10.0. The smallest absolute Gasteiger partial charge is 0.308 e. The van der Waals surface area contributed by atoms with E-state index in [4.69, 9.17) is 10.5 Å². The van der Waals surface area contributed by atoms with E-state index in [9.17, 15) is 14.4 Å². The number of rotatable bonds is 7. The number of hydrogen-bond donors (Lipinski definition) is 2. The Morgan fingerprint density at radius 1 is 1.21 bits per heavy atom. The highest BCUT2D eigenvalue weighted by atomic mass is 16.5. The van der Waals surface area contributed by atoms with E-state index >= 15 is 0 Å². The van der Waals surface area contributed by atoms with Gasteiger partial charge in [-0.1, -0.05) is 18.2 Å². The molecule has 2 amide bonds. The standard InChI is InChI=1S/C25H26N4O4/c1-2-33-24(31)13-22(17-4-3-9-27-14-17)28-25(32)19-12-23(30)29(15-19)21-8-6-16-5-7-20(26)10-18(16)11-21/h3-11,14,19,22H,2,12-13,15,26H2,1H3,(H,28,32). The average molecular weight is 447 g/mol. The second-order valence-electron chi connectivity index (χ2n) is 8.05. The highest BCUT2D eigenvalue weighted by Gasteiger charge is 2.36. The van der Waals surface area contributed by atoms with Crippen molar-refractivity contribution in [1.29, 1.82) is 0 Å². The molecule has 1 saturated heterocycles. The van der Waals surface area contributed by atoms with Gasteiger partial charge in [-0.25, -0.2) is 0 Å². The number of nitrogens with one attached hydrogen (secondary N) is 1. The lowest BCUT2D eigenvalue weighted by Crippen LogP contribution is -2.36. The number of nitrogen functional groups attached to an aromatic ring is 1. The molecule has 3 aromatic rings. The maximum Gasteiger partial charge on any atom is 0.308 e. The van der Waals surface area contributed by atoms with Crippen molar-refractivity contribution in [3.05, 3.63) is 66.5 Å². The molecule has 1 fully saturated rings. The Labute approximate surface area is 191 Å². The Bertz CT molecular complexity index is 1180. The van der Waals surface area contributed by atoms with Crippen molar-refractivity contribution < 1.29 is 19.1 Å². The SMILES string of the molecule is CCOC(=O)CC(NC(=O)C1CC(=O)N(c2ccc3ccc(N)cc3c2)C1)c1cccnc1. The van der Waals surface area contributed by atoms with Crippen LogP contribution in [0, 0.1) is 5.92 Å². The summed E-state index contributed by atoms with van der Waals surface area (Å²) in [5, 5.41) is 4.87. The molecular formula is C25H26N4O4. The van der Waals surface area contributed by atoms with Crippen molar-refractivity contribution in [2.75, 3.05) is 23.8 Å². The van der Waals surface area contributed by atoms with Crippen molar-refractivity contribution >= 4 is 39.9 Å². The number of anilines is 2. The Hall–Kier alpha value is -3.94. The molecule has 2 aromatic carbocycles. The summed E-state index contributed by atoms with van der Waals surface area (Å²) >= 11 is 0. The van der Waals surface area contributed by atoms with Crippen molar-refractivity contribution in [1.82, 2.24) is 10.3 Å². The zero-order valence-electron chi connectivity index (χ0n) is 18.4. The van der Waals surface area contributed by atoms with Gasteiger partial charge in [-0.3, -0.25) is 19.4 Å². The number of nitrogens with two attached hydrogens (primary N) is 1. The van der Waals surface area contributed by atoms with Crippen molar-refractivity contribution in [2.45, 2.75) is 25.8 Å². The summed E-state index contributed by atoms with van der Waals surface area (Å²) in [5.74, 6) is -1.35. The molecule has 3 N–H and O–H groups in total. The number of fused-ring (bicyclic) bond motifs is 1. The van der Waals surface area contributed by atoms with Gasteiger partial charge in [0.25, 0.3) is 0 Å². The highest BCUT2D eigenvalue weighted by Crippen LogP contribution is 2.30. The number of benzene rings is 2. The summed E-state index contributed by atoms with van der Waals surface area (Å²) in [7, 11) is 0. The topological polar surface area (TPSA) is 115 Å². The van der Waals surface area contributed by atoms with Crippen LogP contribution >= 0.6 is 0 Å². The molecule has 0 spiro atoms. The predicted octanol–water partition coefficient (Wildman–Crippen LogP) is 2.98. The van der Waals surface area contributed by atoms with E-state index in [1.165, 1.54) is 0 Å². The van der Waals surface area contributed by atoms with E-state index in [0.717, 1.165) is 16.5 Å². The number of amides is 2. The van der Waals surface area contributed by atoms with Crippen LogP contribution in [-0.4, -0.2) is 35.9 Å². The van der Waals surface area contributed by atoms with Crippen molar-refractivity contribution in [2.24, 2.45) is 5.92 Å². The van der Waals surface area contributed by atoms with Crippen LogP contribution in [-0.2, 0) is 19.1 Å². The summed E-state index contributed by atoms with van der Waals surface area (Å²) in [6, 6.07) is 14.3. The fourth-order valence-electron chi connectivity index (χ4n) is 4.06. The second kappa shape index (κ2) is 9.68. The van der Waals surface area contributed by atoms with Crippen LogP contribution < -0.4 is 16.0 Å². The number of hydrogen-bond acceptors (Lipinski definition) is 6. The second-order valence-corrected chi connectivity index (χ2v) is 8.05. The average Bonchev–Trinajstić information content (AvgIpc) is 3.20. The molecule has 0 aliphatic carbocycles. The van der Waals surface area contributed by atoms with Gasteiger partial charge in [0.05, 0.1) is 25.0 Å². The molecule has 0 radical (unpaired) electrons. The number of nitrogens with zero attached hydrogens (tertiary/aromatic N) is 2. The fraction of sp³-hybridized carbons (Fsp3) is 0.280. The molecule has 0 bridgehead atoms. The van der Waals surface area contributed by atoms with E-state index in [0.29, 0.717) is 11.3 Å². The van der Waals surface area contributed by atoms with Crippen LogP contribution in [0.1, 0.15) is 31.4 Å². The van der Waals surface area contributed by atoms with E-state index in [2.05, 4.69) is 10.3 Å². The Balaban J connectivity index is 1.49. The van der Waals surface area contributed by atoms with Gasteiger partial charge >= 0.3 is 5.97 Å². The quantitative estimate of drug-likeness (QED) is 0.426. The van der Waals surface area contributed by atoms with Crippen LogP contribution in [0.2, 0.25) is 0 Å². The van der Waals surface area contributed by atoms with Gasteiger partial charge in [0.1, 0.15) is 0 Å². The molecule has 0 saturated carbocycles. The molecule has 1 aliphatic heterocycles. The minimum Gasteiger partial charge on any atom is -0.466 e. The van der Waals surface area contributed by atoms with Gasteiger partial charge in [0.15, 0.2) is 0 Å². The number of pyridine rings is 1. The summed E-state index contributed by atoms with van der Waals surface area (Å²) in [4.78, 5) is 43.6. The van der Waals surface area contributed by atoms with Gasteiger partial charge in [-0.2, -0.15) is 0 Å². The lowest BCUT2D eigenvalue weighted by molar-refractivity contribution is -0.144. The van der Waals surface area contributed by atoms with Crippen molar-refractivity contribution in [3.8, 4) is 0 Å². The van der Waals surface area contributed by atoms with Crippen LogP contribution in [0.5, 0.6) is 0 Å². The first-order chi connectivity index (χ1) is 15.9. The first kappa shape index (κ1) is 22.3. The maximum atomic E-state index is 13.1. The lowest BCUT2D eigenvalue weighted by Gasteiger charge is -2.21. The van der Waals surface area contributed by atoms with Crippen LogP contribution in [0.25, 0.3) is 10.8 Å². The third kappa shape index (κ3) is 5.11. The number of aromatic nitrogens is 1. The zero-order chi connectivity index (χ0) is 23.4. The maximum absolute atomic E-state index is 13.1. The summed E-state index contributed by atoms with van der Waals surface area (Å²) in [6.07, 6.45) is 3.32. The third-order valence-electron chi connectivity index (χ3n) is 5.73. The molecule has 2 atom stereocenters. The van der Waals surface area contributed by atoms with E-state index in [-0.39, 0.29) is 37.8 Å². The molecular weight excluding hydrogens is 420 g/mol. The number of ether oxygens (including phenoxy) is 1. The number of carbonyl (C=O) groups is 3. The van der Waals surface area contributed by atoms with Crippen molar-refractivity contribution in [3.63, 3.8) is 0 Å². The van der Waals surface area contributed by atoms with Crippen LogP contribution in [0.15, 0.2) is 60.9 Å². The summed E-state index contributed by atoms with van der Waals surface area (Å²) in [6.45, 7) is 2.25. The Morgan fingerprint density at radius 3 is 2.79 bits per heavy atom. The predicted molar refractivity (Wildman–Crippen MR) is 125 cm³/mol. The first-order valence-corrected chi connectivity index (χ1v) is 10.9. The highest BCUT2D eigenvalue weighted by molar-refractivity contribution is 6.02. The molecule has 1 aromatic heterocycles. The van der Waals surface area contributed by atoms with E-state index < -0.39 is 17.9 Å². The van der Waals surface area contributed by atoms with Gasteiger partial charge < -0.3 is 20.7 Å². The fourth-order valence-corrected chi connectivity index (χ4v) is 4.06. The minimum absolute atomic E-state index is 0.0122. The van der Waals surface area contributed by atoms with E-state index in [1.54, 1.807) is 36.4 Å². The van der Waals surface area contributed by atoms with Crippen LogP contribution in [0.3, 0.4) is 0 Å². The molecule has 2 unspecified atom stereocenters. The molecule has 4 rings (SSSR count).